The van der Waals surface area contributed by atoms with Crippen LogP contribution in [0.25, 0.3) is 98.4 Å². The molecule has 1 spiro atoms. The molecule has 3 aliphatic rings. The van der Waals surface area contributed by atoms with E-state index in [1.54, 1.807) is 0 Å². The minimum absolute atomic E-state index is 0.251. The number of anilines is 3. The first-order valence-corrected chi connectivity index (χ1v) is 25.7. The van der Waals surface area contributed by atoms with Crippen molar-refractivity contribution >= 4 is 70.9 Å². The van der Waals surface area contributed by atoms with Gasteiger partial charge in [0.1, 0.15) is 0 Å². The molecule has 0 fully saturated rings. The van der Waals surface area contributed by atoms with Crippen molar-refractivity contribution in [2.24, 2.45) is 0 Å². The molecule has 0 bridgehead atoms. The first kappa shape index (κ1) is 40.7. The van der Waals surface area contributed by atoms with Crippen LogP contribution in [0.2, 0.25) is 0 Å². The van der Waals surface area contributed by atoms with Crippen LogP contribution in [-0.4, -0.2) is 0 Å². The molecule has 0 radical (unpaired) electrons. The van der Waals surface area contributed by atoms with E-state index in [0.29, 0.717) is 0 Å². The van der Waals surface area contributed by atoms with Crippen molar-refractivity contribution in [3.05, 3.63) is 282 Å². The molecule has 16 rings (SSSR count). The van der Waals surface area contributed by atoms with Crippen LogP contribution >= 0.6 is 0 Å². The number of rotatable bonds is 4. The molecule has 0 saturated heterocycles. The molecular formula is C72H47N. The third kappa shape index (κ3) is 5.36. The molecule has 0 N–H and O–H groups in total. The summed E-state index contributed by atoms with van der Waals surface area (Å²) >= 11 is 0. The van der Waals surface area contributed by atoms with Gasteiger partial charge in [-0.05, 0) is 163 Å². The monoisotopic (exact) mass is 925 g/mol. The second-order valence-electron chi connectivity index (χ2n) is 21.0. The van der Waals surface area contributed by atoms with Crippen molar-refractivity contribution < 1.29 is 0 Å². The Hall–Kier alpha value is -9.04. The first-order chi connectivity index (χ1) is 36.0. The van der Waals surface area contributed by atoms with E-state index in [4.69, 9.17) is 0 Å². The van der Waals surface area contributed by atoms with Gasteiger partial charge in [0.15, 0.2) is 0 Å². The highest BCUT2D eigenvalue weighted by atomic mass is 15.1. The summed E-state index contributed by atoms with van der Waals surface area (Å²) in [6.45, 7) is 4.85. The van der Waals surface area contributed by atoms with E-state index in [9.17, 15) is 0 Å². The van der Waals surface area contributed by atoms with Gasteiger partial charge in [0.05, 0.1) is 11.1 Å². The zero-order valence-electron chi connectivity index (χ0n) is 40.6. The Morgan fingerprint density at radius 3 is 1.32 bits per heavy atom. The Kier molecular flexibility index (Phi) is 8.22. The van der Waals surface area contributed by atoms with Crippen molar-refractivity contribution in [3.63, 3.8) is 0 Å². The van der Waals surface area contributed by atoms with Gasteiger partial charge in [-0.15, -0.1) is 0 Å². The summed E-state index contributed by atoms with van der Waals surface area (Å²) in [5.41, 5.74) is 21.0. The fourth-order valence-electron chi connectivity index (χ4n) is 14.2. The van der Waals surface area contributed by atoms with Crippen LogP contribution in [0.3, 0.4) is 0 Å². The zero-order valence-corrected chi connectivity index (χ0v) is 40.6. The Balaban J connectivity index is 1.07. The van der Waals surface area contributed by atoms with Crippen LogP contribution in [0, 0.1) is 0 Å². The second kappa shape index (κ2) is 14.8. The predicted molar refractivity (Wildman–Crippen MR) is 308 cm³/mol. The van der Waals surface area contributed by atoms with Gasteiger partial charge in [-0.2, -0.15) is 0 Å². The summed E-state index contributed by atoms with van der Waals surface area (Å²) in [7, 11) is 0. The number of benzene rings is 13. The van der Waals surface area contributed by atoms with Gasteiger partial charge in [0, 0.05) is 22.4 Å². The van der Waals surface area contributed by atoms with Crippen molar-refractivity contribution in [2.45, 2.75) is 24.7 Å². The molecule has 0 aromatic heterocycles. The molecule has 3 aliphatic carbocycles. The highest BCUT2D eigenvalue weighted by Gasteiger charge is 2.52. The molecule has 0 saturated carbocycles. The lowest BCUT2D eigenvalue weighted by molar-refractivity contribution is 0.662. The Morgan fingerprint density at radius 2 is 0.685 bits per heavy atom. The van der Waals surface area contributed by atoms with E-state index < -0.39 is 5.41 Å². The summed E-state index contributed by atoms with van der Waals surface area (Å²) in [5, 5.41) is 12.5. The summed E-state index contributed by atoms with van der Waals surface area (Å²) in [6, 6.07) is 94.5. The largest absolute Gasteiger partial charge is 0.310 e. The van der Waals surface area contributed by atoms with Crippen LogP contribution in [0.5, 0.6) is 0 Å². The van der Waals surface area contributed by atoms with Gasteiger partial charge in [-0.25, -0.2) is 0 Å². The molecule has 13 aromatic rings. The minimum atomic E-state index is -0.535. The smallest absolute Gasteiger partial charge is 0.0726 e. The molecule has 13 aromatic carbocycles. The van der Waals surface area contributed by atoms with E-state index in [1.807, 2.05) is 0 Å². The average molecular weight is 926 g/mol. The Labute approximate surface area is 424 Å². The van der Waals surface area contributed by atoms with Crippen molar-refractivity contribution in [3.8, 4) is 44.5 Å². The van der Waals surface area contributed by atoms with Crippen molar-refractivity contribution in [1.29, 1.82) is 0 Å². The second-order valence-corrected chi connectivity index (χ2v) is 21.0. The molecule has 0 atom stereocenters. The minimum Gasteiger partial charge on any atom is -0.310 e. The molecule has 0 unspecified atom stereocenters. The molecule has 0 aliphatic heterocycles. The summed E-state index contributed by atoms with van der Waals surface area (Å²) in [5.74, 6) is 0. The third-order valence-electron chi connectivity index (χ3n) is 17.2. The Morgan fingerprint density at radius 1 is 0.260 bits per heavy atom. The lowest BCUT2D eigenvalue weighted by atomic mass is 9.70. The SMILES string of the molecule is CC1(C)c2ccccc2-c2cccc(-c3cc4c(cc3N(c3ccc5c(ccc6ccccc65)c3)c3ccc5c6ccccc6c6ccccc6c5c3)C3(c5ccccc5-c5ccccc53)c3ccccc3-4)c21. The molecule has 1 heteroatoms. The van der Waals surface area contributed by atoms with Crippen LogP contribution in [0.4, 0.5) is 17.1 Å². The number of hydrogen-bond acceptors (Lipinski definition) is 1. The quantitative estimate of drug-likeness (QED) is 0.159. The number of hydrogen-bond donors (Lipinski definition) is 0. The van der Waals surface area contributed by atoms with Gasteiger partial charge < -0.3 is 4.90 Å². The molecule has 0 amide bonds. The average Bonchev–Trinajstić information content (AvgIpc) is 4.01. The van der Waals surface area contributed by atoms with E-state index >= 15 is 0 Å². The van der Waals surface area contributed by atoms with E-state index in [1.165, 1.54) is 132 Å². The molecule has 0 heterocycles. The van der Waals surface area contributed by atoms with Gasteiger partial charge in [0.2, 0.25) is 0 Å². The highest BCUT2D eigenvalue weighted by Crippen LogP contribution is 2.65. The topological polar surface area (TPSA) is 3.24 Å². The van der Waals surface area contributed by atoms with Gasteiger partial charge in [0.25, 0.3) is 0 Å². The fourth-order valence-corrected chi connectivity index (χ4v) is 14.2. The van der Waals surface area contributed by atoms with Crippen LogP contribution < -0.4 is 4.90 Å². The van der Waals surface area contributed by atoms with E-state index in [-0.39, 0.29) is 5.41 Å². The molecule has 340 valence electrons. The normalized spacial score (nSPS) is 14.1. The maximum Gasteiger partial charge on any atom is 0.0726 e. The standard InChI is InChI=1S/C72H47N/c1-71(2)64-30-13-9-26-57(64)59-28-17-29-60(70(59)71)63-42-62-58-27-12-16-33-67(58)72(65-31-14-10-24-55(65)56-25-11-15-32-66(56)72)68(62)43-69(63)73(46-36-38-49-45(40-46)35-34-44-18-3-4-19-48(44)49)47-37-39-54-52-22-6-5-20-50(52)51-21-7-8-23-53(51)61(54)41-47/h3-43H,1-2H3. The van der Waals surface area contributed by atoms with Crippen LogP contribution in [0.1, 0.15) is 47.2 Å². The molecular weight excluding hydrogens is 879 g/mol. The van der Waals surface area contributed by atoms with Crippen molar-refractivity contribution in [1.82, 2.24) is 0 Å². The van der Waals surface area contributed by atoms with Gasteiger partial charge >= 0.3 is 0 Å². The number of nitrogens with zero attached hydrogens (tertiary/aromatic N) is 1. The lowest BCUT2D eigenvalue weighted by Crippen LogP contribution is -2.26. The third-order valence-corrected chi connectivity index (χ3v) is 17.2. The fraction of sp³-hybridized carbons (Fsp3) is 0.0556. The number of fused-ring (bicyclic) bond motifs is 22. The van der Waals surface area contributed by atoms with E-state index in [0.717, 1.165) is 17.1 Å². The van der Waals surface area contributed by atoms with Gasteiger partial charge in [-0.3, -0.25) is 0 Å². The highest BCUT2D eigenvalue weighted by molar-refractivity contribution is 6.26. The molecule has 1 nitrogen and oxygen atoms in total. The lowest BCUT2D eigenvalue weighted by Gasteiger charge is -2.34. The van der Waals surface area contributed by atoms with E-state index in [2.05, 4.69) is 267 Å². The van der Waals surface area contributed by atoms with Crippen molar-refractivity contribution in [2.75, 3.05) is 4.90 Å². The summed E-state index contributed by atoms with van der Waals surface area (Å²) in [4.78, 5) is 2.60. The van der Waals surface area contributed by atoms with Gasteiger partial charge in [-0.1, -0.05) is 226 Å². The molecule has 73 heavy (non-hydrogen) atoms. The maximum atomic E-state index is 2.62. The first-order valence-electron chi connectivity index (χ1n) is 25.7. The van der Waals surface area contributed by atoms with Crippen LogP contribution in [-0.2, 0) is 10.8 Å². The maximum absolute atomic E-state index is 2.62. The summed E-state index contributed by atoms with van der Waals surface area (Å²) < 4.78 is 0. The predicted octanol–water partition coefficient (Wildman–Crippen LogP) is 19.2. The van der Waals surface area contributed by atoms with Crippen LogP contribution in [0.15, 0.2) is 249 Å². The zero-order chi connectivity index (χ0) is 48.2. The summed E-state index contributed by atoms with van der Waals surface area (Å²) in [6.07, 6.45) is 0. The Bertz CT molecular complexity index is 4470.